The van der Waals surface area contributed by atoms with Gasteiger partial charge in [0, 0.05) is 12.6 Å². The third-order valence-corrected chi connectivity index (χ3v) is 5.24. The molecule has 0 unspecified atom stereocenters. The molecule has 1 aliphatic heterocycles. The van der Waals surface area contributed by atoms with Gasteiger partial charge in [-0.25, -0.2) is 0 Å². The van der Waals surface area contributed by atoms with Crippen molar-refractivity contribution in [3.8, 4) is 0 Å². The van der Waals surface area contributed by atoms with Gasteiger partial charge in [-0.1, -0.05) is 24.3 Å². The number of hydrogen-bond donors (Lipinski definition) is 1. The molecule has 1 aromatic carbocycles. The SMILES string of the molecule is C[C@@H]1CC[C@H](C(N)=O)CN1C(=O)[C@H]1CCCc2ccccc21. The molecule has 3 atom stereocenters. The first-order valence-corrected chi connectivity index (χ1v) is 8.25. The monoisotopic (exact) mass is 300 g/mol. The maximum absolute atomic E-state index is 13.1. The van der Waals surface area contributed by atoms with E-state index < -0.39 is 0 Å². The lowest BCUT2D eigenvalue weighted by molar-refractivity contribution is -0.139. The van der Waals surface area contributed by atoms with Crippen molar-refractivity contribution in [1.82, 2.24) is 4.90 Å². The minimum absolute atomic E-state index is 0.0565. The second kappa shape index (κ2) is 6.11. The van der Waals surface area contributed by atoms with Gasteiger partial charge in [-0.05, 0) is 50.2 Å². The number of carbonyl (C=O) groups excluding carboxylic acids is 2. The maximum Gasteiger partial charge on any atom is 0.230 e. The second-order valence-electron chi connectivity index (χ2n) is 6.66. The summed E-state index contributed by atoms with van der Waals surface area (Å²) in [7, 11) is 0. The lowest BCUT2D eigenvalue weighted by Crippen LogP contribution is -2.50. The Hall–Kier alpha value is -1.84. The number of nitrogens with zero attached hydrogens (tertiary/aromatic N) is 1. The quantitative estimate of drug-likeness (QED) is 0.910. The zero-order valence-corrected chi connectivity index (χ0v) is 13.1. The summed E-state index contributed by atoms with van der Waals surface area (Å²) < 4.78 is 0. The van der Waals surface area contributed by atoms with E-state index in [9.17, 15) is 9.59 Å². The molecule has 4 heteroatoms. The zero-order valence-electron chi connectivity index (χ0n) is 13.1. The summed E-state index contributed by atoms with van der Waals surface area (Å²) in [4.78, 5) is 26.5. The molecule has 0 spiro atoms. The van der Waals surface area contributed by atoms with Gasteiger partial charge in [-0.15, -0.1) is 0 Å². The minimum atomic E-state index is -0.284. The van der Waals surface area contributed by atoms with Gasteiger partial charge < -0.3 is 10.6 Å². The maximum atomic E-state index is 13.1. The lowest BCUT2D eigenvalue weighted by Gasteiger charge is -2.40. The molecule has 2 N–H and O–H groups in total. The topological polar surface area (TPSA) is 63.4 Å². The fraction of sp³-hybridized carbons (Fsp3) is 0.556. The summed E-state index contributed by atoms with van der Waals surface area (Å²) in [6.45, 7) is 2.55. The van der Waals surface area contributed by atoms with E-state index in [1.54, 1.807) is 0 Å². The van der Waals surface area contributed by atoms with E-state index in [2.05, 4.69) is 19.1 Å². The van der Waals surface area contributed by atoms with Gasteiger partial charge in [-0.3, -0.25) is 9.59 Å². The number of amides is 2. The van der Waals surface area contributed by atoms with E-state index in [4.69, 9.17) is 5.73 Å². The molecular formula is C18H24N2O2. The van der Waals surface area contributed by atoms with Gasteiger partial charge in [0.05, 0.1) is 11.8 Å². The van der Waals surface area contributed by atoms with Crippen LogP contribution in [0.1, 0.15) is 49.7 Å². The van der Waals surface area contributed by atoms with E-state index >= 15 is 0 Å². The van der Waals surface area contributed by atoms with Crippen molar-refractivity contribution in [2.45, 2.75) is 51.0 Å². The Kier molecular flexibility index (Phi) is 4.19. The van der Waals surface area contributed by atoms with Crippen LogP contribution in [0.25, 0.3) is 0 Å². The van der Waals surface area contributed by atoms with Crippen molar-refractivity contribution >= 4 is 11.8 Å². The number of nitrogens with two attached hydrogens (primary N) is 1. The summed E-state index contributed by atoms with van der Waals surface area (Å²) in [6.07, 6.45) is 4.66. The van der Waals surface area contributed by atoms with Gasteiger partial charge >= 0.3 is 0 Å². The van der Waals surface area contributed by atoms with Crippen LogP contribution in [-0.4, -0.2) is 29.3 Å². The number of benzene rings is 1. The Bertz CT molecular complexity index is 584. The Balaban J connectivity index is 1.83. The van der Waals surface area contributed by atoms with Crippen LogP contribution in [0.4, 0.5) is 0 Å². The van der Waals surface area contributed by atoms with Crippen LogP contribution in [-0.2, 0) is 16.0 Å². The average molecular weight is 300 g/mol. The lowest BCUT2D eigenvalue weighted by atomic mass is 9.81. The highest BCUT2D eigenvalue weighted by molar-refractivity contribution is 5.86. The van der Waals surface area contributed by atoms with Gasteiger partial charge in [0.1, 0.15) is 0 Å². The van der Waals surface area contributed by atoms with Gasteiger partial charge in [0.2, 0.25) is 11.8 Å². The molecule has 2 aliphatic rings. The Morgan fingerprint density at radius 3 is 2.73 bits per heavy atom. The number of rotatable bonds is 2. The largest absolute Gasteiger partial charge is 0.369 e. The minimum Gasteiger partial charge on any atom is -0.369 e. The number of primary amides is 1. The number of carbonyl (C=O) groups is 2. The van der Waals surface area contributed by atoms with E-state index in [0.717, 1.165) is 32.1 Å². The molecule has 0 saturated carbocycles. The fourth-order valence-electron chi connectivity index (χ4n) is 3.86. The van der Waals surface area contributed by atoms with Crippen molar-refractivity contribution in [2.75, 3.05) is 6.54 Å². The Labute approximate surface area is 131 Å². The van der Waals surface area contributed by atoms with Crippen LogP contribution in [0.15, 0.2) is 24.3 Å². The molecule has 1 fully saturated rings. The summed E-state index contributed by atoms with van der Waals surface area (Å²) >= 11 is 0. The molecule has 1 aromatic rings. The van der Waals surface area contributed by atoms with Crippen molar-refractivity contribution in [3.05, 3.63) is 35.4 Å². The first-order chi connectivity index (χ1) is 10.6. The molecule has 0 aromatic heterocycles. The van der Waals surface area contributed by atoms with E-state index in [1.165, 1.54) is 11.1 Å². The molecule has 3 rings (SSSR count). The molecular weight excluding hydrogens is 276 g/mol. The second-order valence-corrected chi connectivity index (χ2v) is 6.66. The predicted molar refractivity (Wildman–Crippen MR) is 85.2 cm³/mol. The van der Waals surface area contributed by atoms with E-state index in [1.807, 2.05) is 17.0 Å². The summed E-state index contributed by atoms with van der Waals surface area (Å²) in [5.41, 5.74) is 7.92. The molecule has 1 saturated heterocycles. The van der Waals surface area contributed by atoms with Crippen LogP contribution in [0.5, 0.6) is 0 Å². The van der Waals surface area contributed by atoms with Crippen LogP contribution < -0.4 is 5.73 Å². The number of fused-ring (bicyclic) bond motifs is 1. The highest BCUT2D eigenvalue weighted by Gasteiger charge is 2.36. The fourth-order valence-corrected chi connectivity index (χ4v) is 3.86. The van der Waals surface area contributed by atoms with Gasteiger partial charge in [0.25, 0.3) is 0 Å². The highest BCUT2D eigenvalue weighted by Crippen LogP contribution is 2.35. The molecule has 4 nitrogen and oxygen atoms in total. The highest BCUT2D eigenvalue weighted by atomic mass is 16.2. The first kappa shape index (κ1) is 15.1. The van der Waals surface area contributed by atoms with E-state index in [0.29, 0.717) is 6.54 Å². The molecule has 2 amide bonds. The number of likely N-dealkylation sites (tertiary alicyclic amines) is 1. The predicted octanol–water partition coefficient (Wildman–Crippen LogP) is 2.22. The van der Waals surface area contributed by atoms with E-state index in [-0.39, 0.29) is 29.7 Å². The number of piperidine rings is 1. The van der Waals surface area contributed by atoms with Gasteiger partial charge in [-0.2, -0.15) is 0 Å². The molecule has 0 bridgehead atoms. The van der Waals surface area contributed by atoms with Crippen LogP contribution in [0, 0.1) is 5.92 Å². The Morgan fingerprint density at radius 2 is 1.95 bits per heavy atom. The molecule has 0 radical (unpaired) electrons. The third kappa shape index (κ3) is 2.74. The van der Waals surface area contributed by atoms with Crippen LogP contribution in [0.3, 0.4) is 0 Å². The average Bonchev–Trinajstić information content (AvgIpc) is 2.54. The van der Waals surface area contributed by atoms with Crippen LogP contribution in [0.2, 0.25) is 0 Å². The van der Waals surface area contributed by atoms with Crippen molar-refractivity contribution < 1.29 is 9.59 Å². The summed E-state index contributed by atoms with van der Waals surface area (Å²) in [5, 5.41) is 0. The molecule has 1 aliphatic carbocycles. The smallest absolute Gasteiger partial charge is 0.230 e. The number of aryl methyl sites for hydroxylation is 1. The van der Waals surface area contributed by atoms with Gasteiger partial charge in [0.15, 0.2) is 0 Å². The molecule has 1 heterocycles. The molecule has 22 heavy (non-hydrogen) atoms. The van der Waals surface area contributed by atoms with Crippen molar-refractivity contribution in [1.29, 1.82) is 0 Å². The van der Waals surface area contributed by atoms with Crippen LogP contribution >= 0.6 is 0 Å². The zero-order chi connectivity index (χ0) is 15.7. The Morgan fingerprint density at radius 1 is 1.18 bits per heavy atom. The van der Waals surface area contributed by atoms with Crippen molar-refractivity contribution in [2.24, 2.45) is 11.7 Å². The summed E-state index contributed by atoms with van der Waals surface area (Å²) in [6, 6.07) is 8.45. The summed E-state index contributed by atoms with van der Waals surface area (Å²) in [5.74, 6) is -0.364. The normalized spacial score (nSPS) is 28.0. The first-order valence-electron chi connectivity index (χ1n) is 8.25. The van der Waals surface area contributed by atoms with Crippen molar-refractivity contribution in [3.63, 3.8) is 0 Å². The molecule has 118 valence electrons. The third-order valence-electron chi connectivity index (χ3n) is 5.24. The number of hydrogen-bond acceptors (Lipinski definition) is 2. The standard InChI is InChI=1S/C18H24N2O2/c1-12-9-10-14(17(19)21)11-20(12)18(22)16-8-4-6-13-5-2-3-7-15(13)16/h2-3,5,7,12,14,16H,4,6,8-11H2,1H3,(H2,19,21)/t12-,14+,16+/m1/s1.